The van der Waals surface area contributed by atoms with E-state index in [9.17, 15) is 24.2 Å². The van der Waals surface area contributed by atoms with Crippen LogP contribution < -0.4 is 0 Å². The first-order valence-corrected chi connectivity index (χ1v) is 13.9. The van der Waals surface area contributed by atoms with E-state index in [1.165, 1.54) is 30.5 Å². The number of hydrogen-bond acceptors (Lipinski definition) is 5. The minimum Gasteiger partial charge on any atom is -0.479 e. The molecule has 202 valence electrons. The second-order valence-corrected chi connectivity index (χ2v) is 10.4. The van der Waals surface area contributed by atoms with Gasteiger partial charge in [0, 0.05) is 11.9 Å². The maximum atomic E-state index is 14.4. The molecule has 0 aliphatic rings. The van der Waals surface area contributed by atoms with Gasteiger partial charge in [0.2, 0.25) is 0 Å². The van der Waals surface area contributed by atoms with Crippen LogP contribution in [0.25, 0.3) is 0 Å². The molecule has 1 heterocycles. The fraction of sp³-hybridized carbons (Fsp3) is 0.367. The molecular formula is C30H34FNO5S. The average molecular weight is 540 g/mol. The number of aryl methyl sites for hydroxylation is 2. The molecule has 0 bridgehead atoms. The Morgan fingerprint density at radius 2 is 1.53 bits per heavy atom. The first kappa shape index (κ1) is 29.3. The molecule has 0 radical (unpaired) electrons. The fourth-order valence-electron chi connectivity index (χ4n) is 4.34. The number of aromatic carboxylic acids is 1. The molecule has 2 atom stereocenters. The number of aromatic nitrogens is 1. The number of hydrogen-bond donors (Lipinski definition) is 3. The summed E-state index contributed by atoms with van der Waals surface area (Å²) < 4.78 is 14.4. The zero-order valence-corrected chi connectivity index (χ0v) is 22.1. The van der Waals surface area contributed by atoms with Gasteiger partial charge in [-0.3, -0.25) is 4.98 Å². The number of halogens is 1. The van der Waals surface area contributed by atoms with Crippen molar-refractivity contribution in [3.8, 4) is 0 Å². The van der Waals surface area contributed by atoms with Gasteiger partial charge in [0.15, 0.2) is 6.10 Å². The lowest BCUT2D eigenvalue weighted by Crippen LogP contribution is -2.27. The van der Waals surface area contributed by atoms with Gasteiger partial charge in [-0.25, -0.2) is 14.0 Å². The maximum Gasteiger partial charge on any atom is 0.335 e. The summed E-state index contributed by atoms with van der Waals surface area (Å²) in [6.07, 6.45) is 8.24. The van der Waals surface area contributed by atoms with Crippen LogP contribution in [-0.2, 0) is 23.4 Å². The van der Waals surface area contributed by atoms with Crippen molar-refractivity contribution in [3.63, 3.8) is 0 Å². The van der Waals surface area contributed by atoms with Crippen molar-refractivity contribution >= 4 is 23.7 Å². The van der Waals surface area contributed by atoms with Crippen LogP contribution in [0.3, 0.4) is 0 Å². The molecule has 1 aromatic heterocycles. The molecule has 3 N–H and O–H groups in total. The van der Waals surface area contributed by atoms with Crippen LogP contribution in [0.15, 0.2) is 66.9 Å². The Morgan fingerprint density at radius 3 is 2.18 bits per heavy atom. The molecule has 3 aromatic rings. The number of rotatable bonds is 16. The summed E-state index contributed by atoms with van der Waals surface area (Å²) in [6.45, 7) is 0. The molecule has 0 amide bonds. The van der Waals surface area contributed by atoms with Gasteiger partial charge in [0.05, 0.1) is 16.5 Å². The first-order valence-electron chi connectivity index (χ1n) is 12.9. The number of unbranched alkanes of at least 4 members (excludes halogenated alkanes) is 5. The summed E-state index contributed by atoms with van der Waals surface area (Å²) >= 11 is 1.08. The number of pyridine rings is 1. The summed E-state index contributed by atoms with van der Waals surface area (Å²) in [5.41, 5.74) is 2.79. The van der Waals surface area contributed by atoms with Crippen LogP contribution in [0.4, 0.5) is 4.39 Å². The minimum atomic E-state index is -1.72. The highest BCUT2D eigenvalue weighted by Crippen LogP contribution is 2.36. The third-order valence-electron chi connectivity index (χ3n) is 6.46. The van der Waals surface area contributed by atoms with Gasteiger partial charge in [0.25, 0.3) is 0 Å². The van der Waals surface area contributed by atoms with Crippen molar-refractivity contribution in [1.29, 1.82) is 0 Å². The van der Waals surface area contributed by atoms with Crippen LogP contribution in [0.2, 0.25) is 0 Å². The monoisotopic (exact) mass is 539 g/mol. The molecule has 38 heavy (non-hydrogen) atoms. The van der Waals surface area contributed by atoms with Crippen molar-refractivity contribution in [2.45, 2.75) is 68.5 Å². The van der Waals surface area contributed by atoms with Crippen LogP contribution in [0.5, 0.6) is 0 Å². The quantitative estimate of drug-likeness (QED) is 0.179. The van der Waals surface area contributed by atoms with E-state index in [0.717, 1.165) is 55.5 Å². The largest absolute Gasteiger partial charge is 0.479 e. The molecule has 3 rings (SSSR count). The Balaban J connectivity index is 1.55. The number of thioether (sulfide) groups is 1. The highest BCUT2D eigenvalue weighted by atomic mass is 32.2. The third kappa shape index (κ3) is 8.96. The topological polar surface area (TPSA) is 108 Å². The van der Waals surface area contributed by atoms with Crippen molar-refractivity contribution in [3.05, 3.63) is 101 Å². The van der Waals surface area contributed by atoms with E-state index >= 15 is 0 Å². The third-order valence-corrected chi connectivity index (χ3v) is 7.78. The number of aliphatic hydroxyl groups is 1. The van der Waals surface area contributed by atoms with E-state index < -0.39 is 29.1 Å². The van der Waals surface area contributed by atoms with Gasteiger partial charge in [-0.15, -0.1) is 11.8 Å². The molecule has 0 saturated heterocycles. The number of aliphatic hydroxyl groups excluding tert-OH is 1. The Bertz CT molecular complexity index is 1190. The van der Waals surface area contributed by atoms with Crippen molar-refractivity contribution in [2.75, 3.05) is 0 Å². The second-order valence-electron chi connectivity index (χ2n) is 9.28. The Morgan fingerprint density at radius 1 is 0.842 bits per heavy atom. The van der Waals surface area contributed by atoms with Gasteiger partial charge in [-0.2, -0.15) is 0 Å². The van der Waals surface area contributed by atoms with Crippen LogP contribution in [-0.4, -0.2) is 38.3 Å². The molecular weight excluding hydrogens is 505 g/mol. The highest BCUT2D eigenvalue weighted by molar-refractivity contribution is 7.98. The summed E-state index contributed by atoms with van der Waals surface area (Å²) in [6, 6.07) is 17.8. The van der Waals surface area contributed by atoms with Gasteiger partial charge >= 0.3 is 11.9 Å². The molecule has 0 aliphatic carbocycles. The Labute approximate surface area is 227 Å². The summed E-state index contributed by atoms with van der Waals surface area (Å²) in [4.78, 5) is 27.1. The van der Waals surface area contributed by atoms with Crippen LogP contribution in [0, 0.1) is 5.82 Å². The zero-order chi connectivity index (χ0) is 27.3. The molecule has 0 spiro atoms. The predicted octanol–water partition coefficient (Wildman–Crippen LogP) is 6.46. The van der Waals surface area contributed by atoms with E-state index in [1.807, 2.05) is 12.1 Å². The Hall–Kier alpha value is -3.23. The number of carbonyl (C=O) groups is 2. The number of nitrogens with zero attached hydrogens (tertiary/aromatic N) is 1. The number of carboxylic acid groups (broad SMARTS) is 2. The molecule has 0 fully saturated rings. The number of carboxylic acids is 2. The lowest BCUT2D eigenvalue weighted by Gasteiger charge is -2.22. The fourth-order valence-corrected chi connectivity index (χ4v) is 5.60. The second kappa shape index (κ2) is 15.2. The predicted molar refractivity (Wildman–Crippen MR) is 147 cm³/mol. The summed E-state index contributed by atoms with van der Waals surface area (Å²) in [5.74, 6) is -3.24. The number of benzene rings is 2. The Kier molecular flexibility index (Phi) is 11.8. The van der Waals surface area contributed by atoms with Gasteiger partial charge in [-0.05, 0) is 60.6 Å². The minimum absolute atomic E-state index is 0.0553. The van der Waals surface area contributed by atoms with E-state index in [-0.39, 0.29) is 16.9 Å². The van der Waals surface area contributed by atoms with E-state index in [2.05, 4.69) is 29.2 Å². The van der Waals surface area contributed by atoms with Gasteiger partial charge in [0.1, 0.15) is 5.82 Å². The van der Waals surface area contributed by atoms with Crippen LogP contribution in [0.1, 0.15) is 76.5 Å². The SMILES string of the molecule is O=C(O)c1ccc(CSC(c2ncccc2CCCCCCCCc2ccccc2)C(O)C(=O)O)c(F)c1. The van der Waals surface area contributed by atoms with Crippen LogP contribution >= 0.6 is 11.8 Å². The highest BCUT2D eigenvalue weighted by Gasteiger charge is 2.31. The standard InChI is InChI=1S/C30H34FNO5S/c31-25-19-23(29(34)35)16-17-24(25)20-38-28(27(33)30(36)37)26-22(15-10-18-32-26)14-9-4-2-1-3-6-11-21-12-7-5-8-13-21/h5,7-8,10,12-13,15-19,27-28,33H,1-4,6,9,11,14,20H2,(H,34,35)(H,36,37). The van der Waals surface area contributed by atoms with Gasteiger partial charge in [-0.1, -0.05) is 68.1 Å². The average Bonchev–Trinajstić information content (AvgIpc) is 2.92. The summed E-state index contributed by atoms with van der Waals surface area (Å²) in [5, 5.41) is 28.1. The van der Waals surface area contributed by atoms with Crippen molar-refractivity contribution in [1.82, 2.24) is 4.98 Å². The van der Waals surface area contributed by atoms with Crippen molar-refractivity contribution in [2.24, 2.45) is 0 Å². The maximum absolute atomic E-state index is 14.4. The molecule has 2 unspecified atom stereocenters. The lowest BCUT2D eigenvalue weighted by atomic mass is 10.00. The lowest BCUT2D eigenvalue weighted by molar-refractivity contribution is -0.146. The van der Waals surface area contributed by atoms with Gasteiger partial charge < -0.3 is 15.3 Å². The van der Waals surface area contributed by atoms with E-state index in [4.69, 9.17) is 5.11 Å². The molecule has 0 aliphatic heterocycles. The smallest absolute Gasteiger partial charge is 0.335 e. The number of aliphatic carboxylic acids is 1. The molecule has 8 heteroatoms. The van der Waals surface area contributed by atoms with E-state index in [0.29, 0.717) is 12.1 Å². The molecule has 2 aromatic carbocycles. The normalized spacial score (nSPS) is 12.7. The molecule has 6 nitrogen and oxygen atoms in total. The summed E-state index contributed by atoms with van der Waals surface area (Å²) in [7, 11) is 0. The zero-order valence-electron chi connectivity index (χ0n) is 21.3. The van der Waals surface area contributed by atoms with E-state index in [1.54, 1.807) is 12.3 Å². The first-order chi connectivity index (χ1) is 18.4. The van der Waals surface area contributed by atoms with Crippen molar-refractivity contribution < 1.29 is 29.3 Å². The molecule has 0 saturated carbocycles.